The zero-order valence-corrected chi connectivity index (χ0v) is 57.3. The molecule has 6 aromatic carbocycles. The Morgan fingerprint density at radius 1 is 0.476 bits per heavy atom. The van der Waals surface area contributed by atoms with Crippen molar-refractivity contribution in [2.75, 3.05) is 68.6 Å². The molecule has 103 heavy (non-hydrogen) atoms. The molecule has 0 aliphatic carbocycles. The lowest BCUT2D eigenvalue weighted by atomic mass is 10.1. The van der Waals surface area contributed by atoms with Crippen LogP contribution in [0.4, 0.5) is 17.8 Å². The van der Waals surface area contributed by atoms with Crippen molar-refractivity contribution in [3.63, 3.8) is 0 Å². The first-order valence-electron chi connectivity index (χ1n) is 33.3. The Kier molecular flexibility index (Phi) is 19.6. The van der Waals surface area contributed by atoms with Crippen molar-refractivity contribution >= 4 is 75.1 Å². The molecule has 16 rings (SSSR count). The highest BCUT2D eigenvalue weighted by atomic mass is 32.1. The number of aromatic nitrogens is 11. The second-order valence-corrected chi connectivity index (χ2v) is 24.2. The summed E-state index contributed by atoms with van der Waals surface area (Å²) < 4.78 is 51.8. The fraction of sp³-hybridized carbons (Fsp3) is 0.211. The smallest absolute Gasteiger partial charge is 0.343 e. The van der Waals surface area contributed by atoms with Gasteiger partial charge in [-0.05, 0) is 107 Å². The number of carbonyl (C=O) groups is 2. The third kappa shape index (κ3) is 14.0. The topological polar surface area (TPSA) is 299 Å². The van der Waals surface area contributed by atoms with E-state index in [0.717, 1.165) is 40.0 Å². The van der Waals surface area contributed by atoms with Gasteiger partial charge < -0.3 is 53.8 Å². The van der Waals surface area contributed by atoms with Crippen molar-refractivity contribution in [1.29, 1.82) is 0 Å². The fourth-order valence-electron chi connectivity index (χ4n) is 12.3. The number of para-hydroxylation sites is 9. The molecule has 0 bridgehead atoms. The first-order valence-corrected chi connectivity index (χ1v) is 33.7. The molecule has 0 fully saturated rings. The van der Waals surface area contributed by atoms with Gasteiger partial charge in [0.25, 0.3) is 5.56 Å². The average Bonchev–Trinajstić information content (AvgIpc) is 1.74. The van der Waals surface area contributed by atoms with Crippen molar-refractivity contribution in [2.45, 2.75) is 52.9 Å². The van der Waals surface area contributed by atoms with E-state index in [9.17, 15) is 19.2 Å². The lowest BCUT2D eigenvalue weighted by molar-refractivity contribution is 0.0514. The minimum Gasteiger partial charge on any atom is -0.486 e. The van der Waals surface area contributed by atoms with Crippen molar-refractivity contribution in [3.8, 4) is 62.8 Å². The maximum Gasteiger partial charge on any atom is 0.343 e. The summed E-state index contributed by atoms with van der Waals surface area (Å²) in [5.41, 5.74) is 6.69. The summed E-state index contributed by atoms with van der Waals surface area (Å²) in [6.07, 6.45) is 4.14. The van der Waals surface area contributed by atoms with Crippen LogP contribution in [0, 0.1) is 25.3 Å². The molecule has 0 saturated carbocycles. The van der Waals surface area contributed by atoms with Crippen molar-refractivity contribution in [3.05, 3.63) is 236 Å². The van der Waals surface area contributed by atoms with E-state index in [-0.39, 0.29) is 48.0 Å². The van der Waals surface area contributed by atoms with Crippen LogP contribution in [0.25, 0.3) is 61.4 Å². The van der Waals surface area contributed by atoms with Crippen molar-refractivity contribution < 1.29 is 47.5 Å². The predicted octanol–water partition coefficient (Wildman–Crippen LogP) is 11.6. The van der Waals surface area contributed by atoms with Gasteiger partial charge in [-0.3, -0.25) is 23.3 Å². The van der Waals surface area contributed by atoms with Gasteiger partial charge in [0.15, 0.2) is 51.4 Å². The van der Waals surface area contributed by atoms with Crippen LogP contribution in [-0.4, -0.2) is 137 Å². The quantitative estimate of drug-likeness (QED) is 0.0516. The van der Waals surface area contributed by atoms with Gasteiger partial charge in [0.2, 0.25) is 23.3 Å². The monoisotopic (exact) mass is 1400 g/mol. The maximum atomic E-state index is 13.2. The minimum atomic E-state index is -0.668. The summed E-state index contributed by atoms with van der Waals surface area (Å²) in [5.74, 6) is 4.39. The minimum absolute atomic E-state index is 0.0288. The molecule has 10 heterocycles. The normalized spacial score (nSPS) is 14.7. The molecule has 520 valence electrons. The highest BCUT2D eigenvalue weighted by Crippen LogP contribution is 2.36. The van der Waals surface area contributed by atoms with Gasteiger partial charge >= 0.3 is 11.9 Å². The zero-order chi connectivity index (χ0) is 71.1. The van der Waals surface area contributed by atoms with Crippen LogP contribution in [0.5, 0.6) is 34.5 Å². The SMILES string of the molecule is CCOC(=O)c1c(C)n(-c2ccccc2)c2nc(NC[C@H]3COc4ccccc4O3)ncc2c1=O.CCOC(=O)c1c(C)n(-c2ccccc2)c2nc(NC[C@H]3COc4ccccc4O3)ncc2c1=S.Cc1c2c(=O)[nH]nc-2c2cnc(NC[C@H]3COc4ccccc4O3)nc2n1-c1ccccc1. The first-order chi connectivity index (χ1) is 50.3. The largest absolute Gasteiger partial charge is 0.486 e. The van der Waals surface area contributed by atoms with E-state index >= 15 is 0 Å². The molecular formula is C76H68N14O12S. The van der Waals surface area contributed by atoms with Gasteiger partial charge in [-0.25, -0.2) is 29.6 Å². The maximum absolute atomic E-state index is 13.2. The van der Waals surface area contributed by atoms with E-state index in [1.807, 2.05) is 187 Å². The molecule has 0 amide bonds. The highest BCUT2D eigenvalue weighted by molar-refractivity contribution is 7.71. The molecule has 26 nitrogen and oxygen atoms in total. The number of hydrogen-bond acceptors (Lipinski definition) is 23. The highest BCUT2D eigenvalue weighted by Gasteiger charge is 2.29. The summed E-state index contributed by atoms with van der Waals surface area (Å²) in [5, 5.41) is 18.0. The molecule has 11 aromatic rings. The lowest BCUT2D eigenvalue weighted by Gasteiger charge is -2.26. The molecule has 3 atom stereocenters. The van der Waals surface area contributed by atoms with Crippen LogP contribution in [0.3, 0.4) is 0 Å². The van der Waals surface area contributed by atoms with Crippen LogP contribution >= 0.6 is 12.2 Å². The first kappa shape index (κ1) is 67.4. The van der Waals surface area contributed by atoms with Crippen LogP contribution < -0.4 is 55.4 Å². The molecule has 0 spiro atoms. The number of carbonyl (C=O) groups excluding carboxylic acids is 2. The number of rotatable bonds is 16. The van der Waals surface area contributed by atoms with Crippen LogP contribution in [0.2, 0.25) is 0 Å². The molecule has 27 heteroatoms. The van der Waals surface area contributed by atoms with E-state index in [0.29, 0.717) is 135 Å². The van der Waals surface area contributed by atoms with Gasteiger partial charge in [0.1, 0.15) is 49.4 Å². The van der Waals surface area contributed by atoms with Gasteiger partial charge in [0, 0.05) is 52.7 Å². The Morgan fingerprint density at radius 3 is 1.25 bits per heavy atom. The summed E-state index contributed by atoms with van der Waals surface area (Å²) in [6.45, 7) is 11.9. The van der Waals surface area contributed by atoms with Crippen LogP contribution in [0.1, 0.15) is 51.6 Å². The fourth-order valence-corrected chi connectivity index (χ4v) is 12.7. The number of ether oxygens (including phenoxy) is 8. The Morgan fingerprint density at radius 2 is 0.825 bits per heavy atom. The number of pyridine rings is 3. The number of nitrogens with one attached hydrogen (secondary N) is 4. The van der Waals surface area contributed by atoms with Gasteiger partial charge in [0.05, 0.1) is 64.6 Å². The van der Waals surface area contributed by atoms with E-state index in [4.69, 9.17) is 60.1 Å². The standard InChI is InChI=1S/C26H24N4O5.C26H24N4O4S.C24H20N6O3/c1-3-33-25(32)22-16(2)30(17-9-5-4-6-10-17)24-19(23(22)31)14-28-26(29-24)27-13-18-15-34-20-11-7-8-12-21(20)35-18;1-3-32-25(31)22-16(2)30(17-9-5-4-6-10-17)24-19(23(22)35)14-28-26(29-24)27-13-18-15-33-20-11-7-8-12-21(20)34-18;1-14-20-21(28-29-23(20)31)17-12-26-24(27-22(17)30(14)15-7-3-2-4-8-15)25-11-16-13-32-18-9-5-6-10-19(18)33-16/h2*4-12,14,18H,3,13,15H2,1-2H3,(H,27,28,29);2-10,12,16H,11,13H2,1H3,(H,29,31)(H,25,26,27)/t2*18-;16-/m000/s1. The second kappa shape index (κ2) is 30.0. The number of fused-ring (bicyclic) bond motifs is 8. The van der Waals surface area contributed by atoms with E-state index in [2.05, 4.69) is 46.1 Å². The number of esters is 2. The molecule has 0 saturated heterocycles. The number of H-pyrrole nitrogens is 1. The number of benzene rings is 6. The zero-order valence-electron chi connectivity index (χ0n) is 56.5. The van der Waals surface area contributed by atoms with E-state index < -0.39 is 17.4 Å². The molecule has 5 aliphatic rings. The Balaban J connectivity index is 0.000000131. The second-order valence-electron chi connectivity index (χ2n) is 23.8. The van der Waals surface area contributed by atoms with Crippen LogP contribution in [-0.2, 0) is 9.47 Å². The van der Waals surface area contributed by atoms with Gasteiger partial charge in [-0.2, -0.15) is 20.1 Å². The number of anilines is 3. The van der Waals surface area contributed by atoms with Crippen LogP contribution in [0.15, 0.2) is 192 Å². The third-order valence-electron chi connectivity index (χ3n) is 17.1. The van der Waals surface area contributed by atoms with E-state index in [1.165, 1.54) is 6.20 Å². The van der Waals surface area contributed by atoms with Gasteiger partial charge in [-0.1, -0.05) is 103 Å². The molecular weight excluding hydrogens is 1330 g/mol. The summed E-state index contributed by atoms with van der Waals surface area (Å²) >= 11 is 5.68. The van der Waals surface area contributed by atoms with Crippen molar-refractivity contribution in [1.82, 2.24) is 53.8 Å². The molecule has 0 radical (unpaired) electrons. The summed E-state index contributed by atoms with van der Waals surface area (Å²) in [7, 11) is 0. The molecule has 4 N–H and O–H groups in total. The summed E-state index contributed by atoms with van der Waals surface area (Å²) in [4.78, 5) is 78.5. The Hall–Kier alpha value is -12.8. The Labute approximate surface area is 593 Å². The summed E-state index contributed by atoms with van der Waals surface area (Å²) in [6, 6.07) is 51.6. The molecule has 5 aliphatic heterocycles. The number of hydrogen-bond donors (Lipinski definition) is 4. The lowest BCUT2D eigenvalue weighted by Crippen LogP contribution is -2.35. The molecule has 0 unspecified atom stereocenters. The molecule has 5 aromatic heterocycles. The van der Waals surface area contributed by atoms with E-state index in [1.54, 1.807) is 37.7 Å². The Bertz CT molecular complexity index is 5250. The van der Waals surface area contributed by atoms with Gasteiger partial charge in [-0.15, -0.1) is 0 Å². The van der Waals surface area contributed by atoms with Crippen molar-refractivity contribution in [2.24, 2.45) is 0 Å². The third-order valence-corrected chi connectivity index (χ3v) is 17.6. The number of nitrogens with zero attached hydrogens (tertiary/aromatic N) is 10. The number of aromatic amines is 1. The average molecular weight is 1400 g/mol. The predicted molar refractivity (Wildman–Crippen MR) is 389 cm³/mol.